The molecule has 1 heterocycles. The van der Waals surface area contributed by atoms with Gasteiger partial charge in [0, 0.05) is 18.9 Å². The molecule has 22 heavy (non-hydrogen) atoms. The zero-order valence-electron chi connectivity index (χ0n) is 12.3. The van der Waals surface area contributed by atoms with Gasteiger partial charge in [0.05, 0.1) is 12.9 Å². The standard InChI is InChI=1S/C18H18N2O2/c1-2-5-17(6-3-1)22-18-9-7-16(8-10-18)21-14-4-12-20-13-11-19-15-20/h1-3,5-11,13,15H,4,12,14H2. The minimum absolute atomic E-state index is 0.678. The van der Waals surface area contributed by atoms with Crippen molar-refractivity contribution in [3.8, 4) is 17.2 Å². The van der Waals surface area contributed by atoms with Crippen LogP contribution in [0.4, 0.5) is 0 Å². The van der Waals surface area contributed by atoms with Crippen molar-refractivity contribution in [3.05, 3.63) is 73.3 Å². The third-order valence-electron chi connectivity index (χ3n) is 3.19. The second-order valence-electron chi connectivity index (χ2n) is 4.89. The molecule has 3 rings (SSSR count). The van der Waals surface area contributed by atoms with Gasteiger partial charge in [0.15, 0.2) is 0 Å². The van der Waals surface area contributed by atoms with Crippen molar-refractivity contribution in [3.63, 3.8) is 0 Å². The number of hydrogen-bond acceptors (Lipinski definition) is 3. The van der Waals surface area contributed by atoms with E-state index < -0.39 is 0 Å². The lowest BCUT2D eigenvalue weighted by Crippen LogP contribution is -2.02. The summed E-state index contributed by atoms with van der Waals surface area (Å²) in [7, 11) is 0. The van der Waals surface area contributed by atoms with E-state index in [1.54, 1.807) is 6.20 Å². The van der Waals surface area contributed by atoms with Gasteiger partial charge < -0.3 is 14.0 Å². The van der Waals surface area contributed by atoms with Crippen molar-refractivity contribution in [2.45, 2.75) is 13.0 Å². The molecule has 0 amide bonds. The fraction of sp³-hybridized carbons (Fsp3) is 0.167. The molecule has 0 unspecified atom stereocenters. The van der Waals surface area contributed by atoms with Gasteiger partial charge in [0.1, 0.15) is 17.2 Å². The average molecular weight is 294 g/mol. The van der Waals surface area contributed by atoms with Gasteiger partial charge in [-0.05, 0) is 42.8 Å². The molecule has 0 aliphatic rings. The Labute approximate surface area is 130 Å². The number of imidazole rings is 1. The summed E-state index contributed by atoms with van der Waals surface area (Å²) >= 11 is 0. The van der Waals surface area contributed by atoms with Crippen LogP contribution in [0.3, 0.4) is 0 Å². The maximum absolute atomic E-state index is 5.74. The Morgan fingerprint density at radius 2 is 1.59 bits per heavy atom. The van der Waals surface area contributed by atoms with Gasteiger partial charge in [-0.2, -0.15) is 0 Å². The highest BCUT2D eigenvalue weighted by atomic mass is 16.5. The lowest BCUT2D eigenvalue weighted by atomic mass is 10.3. The first-order chi connectivity index (χ1) is 10.9. The second kappa shape index (κ2) is 7.31. The van der Waals surface area contributed by atoms with Crippen LogP contribution in [0.1, 0.15) is 6.42 Å². The van der Waals surface area contributed by atoms with Crippen molar-refractivity contribution in [2.24, 2.45) is 0 Å². The van der Waals surface area contributed by atoms with E-state index in [9.17, 15) is 0 Å². The molecule has 3 aromatic rings. The highest BCUT2D eigenvalue weighted by Crippen LogP contribution is 2.23. The molecule has 0 N–H and O–H groups in total. The van der Waals surface area contributed by atoms with Crippen molar-refractivity contribution in [2.75, 3.05) is 6.61 Å². The van der Waals surface area contributed by atoms with E-state index >= 15 is 0 Å². The number of aromatic nitrogens is 2. The summed E-state index contributed by atoms with van der Waals surface area (Å²) in [5.41, 5.74) is 0. The van der Waals surface area contributed by atoms with Crippen LogP contribution in [0.5, 0.6) is 17.2 Å². The summed E-state index contributed by atoms with van der Waals surface area (Å²) in [6.45, 7) is 1.59. The largest absolute Gasteiger partial charge is 0.494 e. The van der Waals surface area contributed by atoms with Gasteiger partial charge >= 0.3 is 0 Å². The van der Waals surface area contributed by atoms with Crippen LogP contribution in [-0.2, 0) is 6.54 Å². The monoisotopic (exact) mass is 294 g/mol. The summed E-state index contributed by atoms with van der Waals surface area (Å²) in [5, 5.41) is 0. The topological polar surface area (TPSA) is 36.3 Å². The van der Waals surface area contributed by atoms with Crippen LogP contribution in [0.15, 0.2) is 73.3 Å². The van der Waals surface area contributed by atoms with Crippen LogP contribution < -0.4 is 9.47 Å². The molecule has 2 aromatic carbocycles. The fourth-order valence-electron chi connectivity index (χ4n) is 2.08. The first kappa shape index (κ1) is 14.2. The van der Waals surface area contributed by atoms with Crippen LogP contribution in [0.2, 0.25) is 0 Å². The van der Waals surface area contributed by atoms with Crippen LogP contribution in [0, 0.1) is 0 Å². The Morgan fingerprint density at radius 1 is 0.864 bits per heavy atom. The molecule has 0 aliphatic carbocycles. The van der Waals surface area contributed by atoms with E-state index in [2.05, 4.69) is 4.98 Å². The van der Waals surface area contributed by atoms with E-state index in [0.717, 1.165) is 30.2 Å². The number of hydrogen-bond donors (Lipinski definition) is 0. The van der Waals surface area contributed by atoms with Crippen molar-refractivity contribution >= 4 is 0 Å². The molecule has 0 saturated heterocycles. The van der Waals surface area contributed by atoms with Gasteiger partial charge in [0.25, 0.3) is 0 Å². The summed E-state index contributed by atoms with van der Waals surface area (Å²) < 4.78 is 13.5. The molecule has 0 radical (unpaired) electrons. The van der Waals surface area contributed by atoms with Crippen LogP contribution >= 0.6 is 0 Å². The van der Waals surface area contributed by atoms with Crippen molar-refractivity contribution in [1.82, 2.24) is 9.55 Å². The molecular formula is C18H18N2O2. The van der Waals surface area contributed by atoms with Gasteiger partial charge in [-0.15, -0.1) is 0 Å². The minimum Gasteiger partial charge on any atom is -0.494 e. The first-order valence-corrected chi connectivity index (χ1v) is 7.32. The molecule has 0 bridgehead atoms. The van der Waals surface area contributed by atoms with Gasteiger partial charge in [0.2, 0.25) is 0 Å². The maximum atomic E-state index is 5.74. The molecule has 0 fully saturated rings. The molecule has 112 valence electrons. The average Bonchev–Trinajstić information content (AvgIpc) is 3.07. The minimum atomic E-state index is 0.678. The third-order valence-corrected chi connectivity index (χ3v) is 3.19. The normalized spacial score (nSPS) is 10.4. The van der Waals surface area contributed by atoms with Gasteiger partial charge in [-0.1, -0.05) is 18.2 Å². The molecule has 4 heteroatoms. The van der Waals surface area contributed by atoms with E-state index in [1.165, 1.54) is 0 Å². The number of ether oxygens (including phenoxy) is 2. The molecule has 4 nitrogen and oxygen atoms in total. The smallest absolute Gasteiger partial charge is 0.127 e. The quantitative estimate of drug-likeness (QED) is 0.614. The summed E-state index contributed by atoms with van der Waals surface area (Å²) in [6.07, 6.45) is 6.50. The molecule has 0 spiro atoms. The van der Waals surface area contributed by atoms with Crippen molar-refractivity contribution < 1.29 is 9.47 Å². The predicted octanol–water partition coefficient (Wildman–Crippen LogP) is 4.14. The summed E-state index contributed by atoms with van der Waals surface area (Å²) in [4.78, 5) is 4.01. The lowest BCUT2D eigenvalue weighted by molar-refractivity contribution is 0.301. The second-order valence-corrected chi connectivity index (χ2v) is 4.89. The highest BCUT2D eigenvalue weighted by Gasteiger charge is 1.98. The van der Waals surface area contributed by atoms with Gasteiger partial charge in [-0.3, -0.25) is 0 Å². The number of rotatable bonds is 7. The zero-order valence-corrected chi connectivity index (χ0v) is 12.3. The Balaban J connectivity index is 1.45. The third kappa shape index (κ3) is 4.12. The molecular weight excluding hydrogens is 276 g/mol. The molecule has 0 atom stereocenters. The maximum Gasteiger partial charge on any atom is 0.127 e. The highest BCUT2D eigenvalue weighted by molar-refractivity contribution is 5.35. The Hall–Kier alpha value is -2.75. The van der Waals surface area contributed by atoms with Gasteiger partial charge in [-0.25, -0.2) is 4.98 Å². The van der Waals surface area contributed by atoms with Crippen LogP contribution in [-0.4, -0.2) is 16.2 Å². The Bertz CT molecular complexity index is 664. The lowest BCUT2D eigenvalue weighted by Gasteiger charge is -2.08. The molecule has 0 aliphatic heterocycles. The Kier molecular flexibility index (Phi) is 4.72. The number of aryl methyl sites for hydroxylation is 1. The fourth-order valence-corrected chi connectivity index (χ4v) is 2.08. The van der Waals surface area contributed by atoms with Crippen molar-refractivity contribution in [1.29, 1.82) is 0 Å². The van der Waals surface area contributed by atoms with E-state index in [1.807, 2.05) is 71.7 Å². The molecule has 1 aromatic heterocycles. The number of nitrogens with zero attached hydrogens (tertiary/aromatic N) is 2. The molecule has 0 saturated carbocycles. The zero-order chi connectivity index (χ0) is 15.0. The van der Waals surface area contributed by atoms with E-state index in [0.29, 0.717) is 6.61 Å². The number of benzene rings is 2. The Morgan fingerprint density at radius 3 is 2.32 bits per heavy atom. The van der Waals surface area contributed by atoms with Crippen LogP contribution in [0.25, 0.3) is 0 Å². The van der Waals surface area contributed by atoms with E-state index in [-0.39, 0.29) is 0 Å². The summed E-state index contributed by atoms with van der Waals surface area (Å²) in [5.74, 6) is 2.49. The SMILES string of the molecule is c1ccc(Oc2ccc(OCCCn3ccnc3)cc2)cc1. The predicted molar refractivity (Wildman–Crippen MR) is 85.3 cm³/mol. The first-order valence-electron chi connectivity index (χ1n) is 7.32. The summed E-state index contributed by atoms with van der Waals surface area (Å²) in [6, 6.07) is 17.4. The van der Waals surface area contributed by atoms with E-state index in [4.69, 9.17) is 9.47 Å². The number of para-hydroxylation sites is 1.